The van der Waals surface area contributed by atoms with Crippen molar-refractivity contribution in [2.24, 2.45) is 0 Å². The summed E-state index contributed by atoms with van der Waals surface area (Å²) in [6, 6.07) is 0. The zero-order valence-electron chi connectivity index (χ0n) is 10.8. The number of halogens is 3. The summed E-state index contributed by atoms with van der Waals surface area (Å²) in [6.07, 6.45) is -3.44. The lowest BCUT2D eigenvalue weighted by molar-refractivity contribution is -0.179. The molecule has 5 nitrogen and oxygen atoms in total. The third kappa shape index (κ3) is 4.71. The van der Waals surface area contributed by atoms with Gasteiger partial charge in [-0.1, -0.05) is 6.92 Å². The van der Waals surface area contributed by atoms with Crippen molar-refractivity contribution in [3.05, 3.63) is 11.9 Å². The van der Waals surface area contributed by atoms with Crippen LogP contribution in [0.15, 0.2) is 6.20 Å². The standard InChI is InChI=1S/C11H17F3N2O3/c1-3-4-16-10(9(18-2)5-15-16)8(17)6-19-7-11(12,13)14/h5,8,17H,3-4,6-7H2,1-2H3. The smallest absolute Gasteiger partial charge is 0.411 e. The van der Waals surface area contributed by atoms with Crippen molar-refractivity contribution in [2.75, 3.05) is 20.3 Å². The second-order valence-electron chi connectivity index (χ2n) is 3.97. The van der Waals surface area contributed by atoms with Gasteiger partial charge < -0.3 is 14.6 Å². The zero-order chi connectivity index (χ0) is 14.5. The number of aliphatic hydroxyl groups is 1. The number of hydrogen-bond acceptors (Lipinski definition) is 4. The molecule has 0 aliphatic carbocycles. The average molecular weight is 282 g/mol. The van der Waals surface area contributed by atoms with Crippen molar-refractivity contribution in [1.29, 1.82) is 0 Å². The number of aryl methyl sites for hydroxylation is 1. The maximum absolute atomic E-state index is 11.9. The summed E-state index contributed by atoms with van der Waals surface area (Å²) < 4.78 is 46.8. The van der Waals surface area contributed by atoms with Crippen LogP contribution in [0.25, 0.3) is 0 Å². The van der Waals surface area contributed by atoms with Crippen molar-refractivity contribution >= 4 is 0 Å². The van der Waals surface area contributed by atoms with Crippen LogP contribution in [-0.4, -0.2) is 41.4 Å². The molecule has 0 aliphatic heterocycles. The Morgan fingerprint density at radius 2 is 2.16 bits per heavy atom. The number of aromatic nitrogens is 2. The quantitative estimate of drug-likeness (QED) is 0.830. The molecule has 1 atom stereocenters. The van der Waals surface area contributed by atoms with E-state index in [-0.39, 0.29) is 0 Å². The van der Waals surface area contributed by atoms with Crippen molar-refractivity contribution in [3.63, 3.8) is 0 Å². The predicted octanol–water partition coefficient (Wildman–Crippen LogP) is 1.91. The van der Waals surface area contributed by atoms with E-state index in [2.05, 4.69) is 9.84 Å². The van der Waals surface area contributed by atoms with E-state index in [0.717, 1.165) is 6.42 Å². The Hall–Kier alpha value is -1.28. The van der Waals surface area contributed by atoms with Crippen LogP contribution in [0.3, 0.4) is 0 Å². The third-order valence-corrected chi connectivity index (χ3v) is 2.36. The van der Waals surface area contributed by atoms with Crippen molar-refractivity contribution < 1.29 is 27.8 Å². The Bertz CT molecular complexity index is 393. The van der Waals surface area contributed by atoms with Crippen LogP contribution in [0.1, 0.15) is 25.1 Å². The highest BCUT2D eigenvalue weighted by atomic mass is 19.4. The Balaban J connectivity index is 2.69. The fourth-order valence-electron chi connectivity index (χ4n) is 1.63. The van der Waals surface area contributed by atoms with E-state index in [1.54, 1.807) is 0 Å². The van der Waals surface area contributed by atoms with Gasteiger partial charge in [-0.15, -0.1) is 0 Å². The Labute approximate surface area is 108 Å². The average Bonchev–Trinajstić information content (AvgIpc) is 2.70. The molecule has 1 N–H and O–H groups in total. The molecule has 0 saturated carbocycles. The molecule has 110 valence electrons. The minimum absolute atomic E-state index is 0.325. The molecule has 0 amide bonds. The highest BCUT2D eigenvalue weighted by Gasteiger charge is 2.28. The van der Waals surface area contributed by atoms with Crippen LogP contribution < -0.4 is 4.74 Å². The molecule has 1 rings (SSSR count). The number of rotatable bonds is 7. The summed E-state index contributed by atoms with van der Waals surface area (Å²) in [5, 5.41) is 13.9. The van der Waals surface area contributed by atoms with Crippen molar-refractivity contribution in [1.82, 2.24) is 9.78 Å². The van der Waals surface area contributed by atoms with Crippen LogP contribution in [0.4, 0.5) is 13.2 Å². The summed E-state index contributed by atoms with van der Waals surface area (Å²) in [5.74, 6) is 0.330. The number of aliphatic hydroxyl groups excluding tert-OH is 1. The number of alkyl halides is 3. The number of methoxy groups -OCH3 is 1. The van der Waals surface area contributed by atoms with E-state index in [0.29, 0.717) is 18.0 Å². The van der Waals surface area contributed by atoms with Gasteiger partial charge in [0.15, 0.2) is 5.75 Å². The third-order valence-electron chi connectivity index (χ3n) is 2.36. The molecule has 0 fully saturated rings. The maximum atomic E-state index is 11.9. The molecule has 0 saturated heterocycles. The van der Waals surface area contributed by atoms with Gasteiger partial charge in [-0.3, -0.25) is 4.68 Å². The monoisotopic (exact) mass is 282 g/mol. The first-order chi connectivity index (χ1) is 8.89. The highest BCUT2D eigenvalue weighted by Crippen LogP contribution is 2.26. The van der Waals surface area contributed by atoms with E-state index in [1.807, 2.05) is 6.92 Å². The van der Waals surface area contributed by atoms with E-state index >= 15 is 0 Å². The van der Waals surface area contributed by atoms with Gasteiger partial charge in [0.1, 0.15) is 18.4 Å². The molecule has 0 aromatic carbocycles. The van der Waals surface area contributed by atoms with Crippen LogP contribution in [0, 0.1) is 0 Å². The topological polar surface area (TPSA) is 56.5 Å². The Morgan fingerprint density at radius 1 is 1.47 bits per heavy atom. The molecule has 8 heteroatoms. The second-order valence-corrected chi connectivity index (χ2v) is 3.97. The van der Waals surface area contributed by atoms with Crippen LogP contribution in [0.2, 0.25) is 0 Å². The molecule has 0 radical (unpaired) electrons. The van der Waals surface area contributed by atoms with Crippen molar-refractivity contribution in [3.8, 4) is 5.75 Å². The molecule has 19 heavy (non-hydrogen) atoms. The van der Waals surface area contributed by atoms with Crippen LogP contribution in [0.5, 0.6) is 5.75 Å². The molecule has 1 aromatic heterocycles. The minimum atomic E-state index is -4.41. The van der Waals surface area contributed by atoms with Gasteiger partial charge in [0, 0.05) is 6.54 Å². The summed E-state index contributed by atoms with van der Waals surface area (Å²) in [4.78, 5) is 0. The first-order valence-corrected chi connectivity index (χ1v) is 5.81. The molecular weight excluding hydrogens is 265 g/mol. The predicted molar refractivity (Wildman–Crippen MR) is 60.9 cm³/mol. The first kappa shape index (κ1) is 15.8. The molecule has 0 bridgehead atoms. The van der Waals surface area contributed by atoms with Gasteiger partial charge >= 0.3 is 6.18 Å². The van der Waals surface area contributed by atoms with Crippen LogP contribution in [-0.2, 0) is 11.3 Å². The zero-order valence-corrected chi connectivity index (χ0v) is 10.8. The van der Waals surface area contributed by atoms with E-state index < -0.39 is 25.5 Å². The minimum Gasteiger partial charge on any atom is -0.493 e. The van der Waals surface area contributed by atoms with Gasteiger partial charge in [-0.25, -0.2) is 0 Å². The molecule has 1 aromatic rings. The molecule has 1 unspecified atom stereocenters. The molecular formula is C11H17F3N2O3. The second kappa shape index (κ2) is 6.76. The summed E-state index contributed by atoms with van der Waals surface area (Å²) >= 11 is 0. The number of hydrogen-bond donors (Lipinski definition) is 1. The summed E-state index contributed by atoms with van der Waals surface area (Å²) in [6.45, 7) is 0.596. The summed E-state index contributed by atoms with van der Waals surface area (Å²) in [7, 11) is 1.40. The van der Waals surface area contributed by atoms with E-state index in [9.17, 15) is 18.3 Å². The lowest BCUT2D eigenvalue weighted by Crippen LogP contribution is -2.21. The summed E-state index contributed by atoms with van der Waals surface area (Å²) in [5.41, 5.74) is 0.325. The van der Waals surface area contributed by atoms with Gasteiger partial charge in [-0.2, -0.15) is 18.3 Å². The normalized spacial score (nSPS) is 13.6. The van der Waals surface area contributed by atoms with Gasteiger partial charge in [0.2, 0.25) is 0 Å². The van der Waals surface area contributed by atoms with Gasteiger partial charge in [0.25, 0.3) is 0 Å². The number of nitrogens with zero attached hydrogens (tertiary/aromatic N) is 2. The molecule has 0 spiro atoms. The first-order valence-electron chi connectivity index (χ1n) is 5.81. The van der Waals surface area contributed by atoms with E-state index in [4.69, 9.17) is 4.74 Å². The Kier molecular flexibility index (Phi) is 5.61. The lowest BCUT2D eigenvalue weighted by atomic mass is 10.2. The van der Waals surface area contributed by atoms with Crippen LogP contribution >= 0.6 is 0 Å². The number of ether oxygens (including phenoxy) is 2. The maximum Gasteiger partial charge on any atom is 0.411 e. The SMILES string of the molecule is CCCn1ncc(OC)c1C(O)COCC(F)(F)F. The van der Waals surface area contributed by atoms with Gasteiger partial charge in [-0.05, 0) is 6.42 Å². The highest BCUT2D eigenvalue weighted by molar-refractivity contribution is 5.27. The fourth-order valence-corrected chi connectivity index (χ4v) is 1.63. The Morgan fingerprint density at radius 3 is 2.68 bits per heavy atom. The van der Waals surface area contributed by atoms with E-state index in [1.165, 1.54) is 18.0 Å². The lowest BCUT2D eigenvalue weighted by Gasteiger charge is -2.15. The fraction of sp³-hybridized carbons (Fsp3) is 0.727. The van der Waals surface area contributed by atoms with Crippen molar-refractivity contribution in [2.45, 2.75) is 32.2 Å². The largest absolute Gasteiger partial charge is 0.493 e. The molecule has 1 heterocycles. The van der Waals surface area contributed by atoms with Gasteiger partial charge in [0.05, 0.1) is 19.9 Å². The molecule has 0 aliphatic rings.